The van der Waals surface area contributed by atoms with Gasteiger partial charge in [-0.1, -0.05) is 65.8 Å². The van der Waals surface area contributed by atoms with Crippen molar-refractivity contribution in [2.24, 2.45) is 0 Å². The number of fused-ring (bicyclic) bond motifs is 1. The summed E-state index contributed by atoms with van der Waals surface area (Å²) in [6, 6.07) is 22.9. The van der Waals surface area contributed by atoms with Gasteiger partial charge in [0.1, 0.15) is 17.3 Å². The standard InChI is InChI=1S/C24H22N4O/c1-3-8-18(9-4-1)23(19-10-5-2-6-11-19)24-20-16-28(15-12-21(20)29-27-24)17-22-25-13-7-14-26-22/h1-11,13-14,23H,12,15-17H2. The maximum Gasteiger partial charge on any atom is 0.142 e. The van der Waals surface area contributed by atoms with Gasteiger partial charge in [0.2, 0.25) is 0 Å². The topological polar surface area (TPSA) is 55.1 Å². The molecule has 0 fully saturated rings. The van der Waals surface area contributed by atoms with Gasteiger partial charge < -0.3 is 4.52 Å². The third kappa shape index (κ3) is 3.69. The minimum absolute atomic E-state index is 0.0535. The lowest BCUT2D eigenvalue weighted by Gasteiger charge is -2.26. The van der Waals surface area contributed by atoms with Crippen LogP contribution in [0.15, 0.2) is 83.6 Å². The van der Waals surface area contributed by atoms with E-state index in [9.17, 15) is 0 Å². The van der Waals surface area contributed by atoms with E-state index < -0.39 is 0 Å². The zero-order valence-electron chi connectivity index (χ0n) is 16.1. The van der Waals surface area contributed by atoms with E-state index in [1.54, 1.807) is 12.4 Å². The first kappa shape index (κ1) is 17.8. The number of aromatic nitrogens is 3. The third-order valence-corrected chi connectivity index (χ3v) is 5.46. The number of hydrogen-bond donors (Lipinski definition) is 0. The van der Waals surface area contributed by atoms with Crippen LogP contribution in [-0.2, 0) is 19.5 Å². The molecule has 144 valence electrons. The lowest BCUT2D eigenvalue weighted by Crippen LogP contribution is -2.31. The second-order valence-electron chi connectivity index (χ2n) is 7.35. The highest BCUT2D eigenvalue weighted by Gasteiger charge is 2.30. The van der Waals surface area contributed by atoms with Gasteiger partial charge in [-0.2, -0.15) is 0 Å². The van der Waals surface area contributed by atoms with E-state index >= 15 is 0 Å². The summed E-state index contributed by atoms with van der Waals surface area (Å²) in [4.78, 5) is 11.1. The van der Waals surface area contributed by atoms with Crippen molar-refractivity contribution in [2.75, 3.05) is 6.54 Å². The molecule has 0 aliphatic carbocycles. The largest absolute Gasteiger partial charge is 0.361 e. The molecule has 4 aromatic rings. The fourth-order valence-corrected chi connectivity index (χ4v) is 4.06. The summed E-state index contributed by atoms with van der Waals surface area (Å²) in [6.45, 7) is 2.44. The smallest absolute Gasteiger partial charge is 0.142 e. The molecule has 3 heterocycles. The van der Waals surface area contributed by atoms with Crippen molar-refractivity contribution in [1.82, 2.24) is 20.0 Å². The van der Waals surface area contributed by atoms with Gasteiger partial charge in [0, 0.05) is 37.5 Å². The van der Waals surface area contributed by atoms with E-state index in [-0.39, 0.29) is 5.92 Å². The van der Waals surface area contributed by atoms with E-state index in [2.05, 4.69) is 68.6 Å². The van der Waals surface area contributed by atoms with E-state index in [0.717, 1.165) is 43.3 Å². The quantitative estimate of drug-likeness (QED) is 0.518. The van der Waals surface area contributed by atoms with Crippen LogP contribution in [0.4, 0.5) is 0 Å². The Bertz CT molecular complexity index is 1020. The fraction of sp³-hybridized carbons (Fsp3) is 0.208. The molecule has 0 amide bonds. The van der Waals surface area contributed by atoms with Gasteiger partial charge in [-0.3, -0.25) is 4.90 Å². The predicted octanol–water partition coefficient (Wildman–Crippen LogP) is 4.20. The molecular weight excluding hydrogens is 360 g/mol. The zero-order chi connectivity index (χ0) is 19.5. The van der Waals surface area contributed by atoms with Gasteiger partial charge in [-0.15, -0.1) is 0 Å². The summed E-state index contributed by atoms with van der Waals surface area (Å²) in [5, 5.41) is 4.56. The number of rotatable bonds is 5. The van der Waals surface area contributed by atoms with Gasteiger partial charge >= 0.3 is 0 Å². The van der Waals surface area contributed by atoms with Crippen molar-refractivity contribution < 1.29 is 4.52 Å². The normalized spacial score (nSPS) is 14.1. The summed E-state index contributed by atoms with van der Waals surface area (Å²) in [6.07, 6.45) is 4.44. The second kappa shape index (κ2) is 7.97. The summed E-state index contributed by atoms with van der Waals surface area (Å²) >= 11 is 0. The molecule has 0 N–H and O–H groups in total. The van der Waals surface area contributed by atoms with Crippen LogP contribution >= 0.6 is 0 Å². The van der Waals surface area contributed by atoms with Gasteiger partial charge in [0.25, 0.3) is 0 Å². The van der Waals surface area contributed by atoms with E-state index in [1.807, 2.05) is 18.2 Å². The molecule has 0 unspecified atom stereocenters. The van der Waals surface area contributed by atoms with Crippen LogP contribution in [0.25, 0.3) is 0 Å². The molecule has 0 radical (unpaired) electrons. The minimum atomic E-state index is 0.0535. The monoisotopic (exact) mass is 382 g/mol. The summed E-state index contributed by atoms with van der Waals surface area (Å²) in [5.74, 6) is 1.90. The summed E-state index contributed by atoms with van der Waals surface area (Å²) in [7, 11) is 0. The molecule has 5 rings (SSSR count). The SMILES string of the molecule is c1ccc(C(c2ccccc2)c2noc3c2CN(Cc2ncccn2)CC3)cc1. The first-order chi connectivity index (χ1) is 14.4. The number of hydrogen-bond acceptors (Lipinski definition) is 5. The first-order valence-corrected chi connectivity index (χ1v) is 9.94. The Morgan fingerprint density at radius 2 is 1.52 bits per heavy atom. The van der Waals surface area contributed by atoms with Crippen LogP contribution in [0.3, 0.4) is 0 Å². The van der Waals surface area contributed by atoms with Gasteiger partial charge in [0.05, 0.1) is 12.5 Å². The molecule has 2 aromatic carbocycles. The van der Waals surface area contributed by atoms with Crippen molar-refractivity contribution in [3.63, 3.8) is 0 Å². The average Bonchev–Trinajstić information content (AvgIpc) is 3.19. The molecule has 0 saturated carbocycles. The van der Waals surface area contributed by atoms with Crippen molar-refractivity contribution in [2.45, 2.75) is 25.4 Å². The summed E-state index contributed by atoms with van der Waals surface area (Å²) in [5.41, 5.74) is 4.65. The molecular formula is C24H22N4O. The molecule has 0 saturated heterocycles. The highest BCUT2D eigenvalue weighted by Crippen LogP contribution is 2.36. The molecule has 5 nitrogen and oxygen atoms in total. The Balaban J connectivity index is 1.50. The Morgan fingerprint density at radius 1 is 0.862 bits per heavy atom. The van der Waals surface area contributed by atoms with Gasteiger partial charge in [-0.05, 0) is 17.2 Å². The van der Waals surface area contributed by atoms with Crippen LogP contribution < -0.4 is 0 Å². The molecule has 1 aliphatic rings. The summed E-state index contributed by atoms with van der Waals surface area (Å²) < 4.78 is 5.80. The van der Waals surface area contributed by atoms with Crippen LogP contribution in [0.2, 0.25) is 0 Å². The molecule has 5 heteroatoms. The molecule has 1 aliphatic heterocycles. The van der Waals surface area contributed by atoms with Crippen LogP contribution in [0, 0.1) is 0 Å². The van der Waals surface area contributed by atoms with Crippen LogP contribution in [0.1, 0.15) is 39.9 Å². The number of nitrogens with zero attached hydrogens (tertiary/aromatic N) is 4. The van der Waals surface area contributed by atoms with Crippen molar-refractivity contribution in [3.05, 3.63) is 113 Å². The Labute approximate surface area is 170 Å². The molecule has 2 aromatic heterocycles. The Hall–Kier alpha value is -3.31. The maximum atomic E-state index is 5.80. The number of benzene rings is 2. The highest BCUT2D eigenvalue weighted by atomic mass is 16.5. The van der Waals surface area contributed by atoms with Gasteiger partial charge in [0.15, 0.2) is 0 Å². The minimum Gasteiger partial charge on any atom is -0.361 e. The van der Waals surface area contributed by atoms with Gasteiger partial charge in [-0.25, -0.2) is 9.97 Å². The van der Waals surface area contributed by atoms with Crippen LogP contribution in [-0.4, -0.2) is 26.6 Å². The molecule has 0 atom stereocenters. The second-order valence-corrected chi connectivity index (χ2v) is 7.35. The third-order valence-electron chi connectivity index (χ3n) is 5.46. The van der Waals surface area contributed by atoms with Crippen LogP contribution in [0.5, 0.6) is 0 Å². The lowest BCUT2D eigenvalue weighted by atomic mass is 9.85. The van der Waals surface area contributed by atoms with E-state index in [0.29, 0.717) is 0 Å². The molecule has 0 spiro atoms. The lowest BCUT2D eigenvalue weighted by molar-refractivity contribution is 0.223. The zero-order valence-corrected chi connectivity index (χ0v) is 16.1. The highest BCUT2D eigenvalue weighted by molar-refractivity contribution is 5.44. The molecule has 29 heavy (non-hydrogen) atoms. The predicted molar refractivity (Wildman–Crippen MR) is 110 cm³/mol. The molecule has 0 bridgehead atoms. The average molecular weight is 382 g/mol. The van der Waals surface area contributed by atoms with Crippen molar-refractivity contribution in [1.29, 1.82) is 0 Å². The fourth-order valence-electron chi connectivity index (χ4n) is 4.06. The Kier molecular flexibility index (Phi) is 4.88. The van der Waals surface area contributed by atoms with Crippen molar-refractivity contribution >= 4 is 0 Å². The van der Waals surface area contributed by atoms with Crippen molar-refractivity contribution in [3.8, 4) is 0 Å². The van der Waals surface area contributed by atoms with E-state index in [4.69, 9.17) is 4.52 Å². The first-order valence-electron chi connectivity index (χ1n) is 9.94. The maximum absolute atomic E-state index is 5.80. The Morgan fingerprint density at radius 3 is 2.17 bits per heavy atom. The van der Waals surface area contributed by atoms with E-state index in [1.165, 1.54) is 16.7 Å².